The minimum atomic E-state index is -0.898. The number of hydrogen-bond donors (Lipinski definition) is 2. The fourth-order valence-electron chi connectivity index (χ4n) is 2.83. The Morgan fingerprint density at radius 2 is 2.21 bits per heavy atom. The molecular formula is C20H27NO3. The Balaban J connectivity index is 2.12. The van der Waals surface area contributed by atoms with Gasteiger partial charge >= 0.3 is 5.97 Å². The first kappa shape index (κ1) is 18.3. The highest BCUT2D eigenvalue weighted by Gasteiger charge is 2.28. The lowest BCUT2D eigenvalue weighted by Crippen LogP contribution is -2.43. The second-order valence-electron chi connectivity index (χ2n) is 6.18. The van der Waals surface area contributed by atoms with Crippen molar-refractivity contribution in [3.63, 3.8) is 0 Å². The number of hydrogen-bond acceptors (Lipinski definition) is 3. The van der Waals surface area contributed by atoms with E-state index in [4.69, 9.17) is 4.74 Å². The van der Waals surface area contributed by atoms with Crippen LogP contribution in [0.3, 0.4) is 0 Å². The molecule has 0 saturated heterocycles. The largest absolute Gasteiger partial charge is 0.484 e. The molecule has 0 amide bonds. The van der Waals surface area contributed by atoms with Crippen molar-refractivity contribution >= 4 is 5.97 Å². The van der Waals surface area contributed by atoms with Gasteiger partial charge in [0.25, 0.3) is 0 Å². The van der Waals surface area contributed by atoms with Crippen molar-refractivity contribution in [3.05, 3.63) is 59.4 Å². The van der Waals surface area contributed by atoms with Gasteiger partial charge in [0.1, 0.15) is 11.9 Å². The van der Waals surface area contributed by atoms with Gasteiger partial charge in [0.15, 0.2) is 0 Å². The maximum Gasteiger partial charge on any atom is 0.335 e. The van der Waals surface area contributed by atoms with Crippen LogP contribution in [0.1, 0.15) is 39.5 Å². The van der Waals surface area contributed by atoms with Crippen molar-refractivity contribution in [2.75, 3.05) is 6.54 Å². The van der Waals surface area contributed by atoms with Crippen LogP contribution in [0.5, 0.6) is 0 Å². The van der Waals surface area contributed by atoms with E-state index in [1.165, 1.54) is 0 Å². The van der Waals surface area contributed by atoms with Gasteiger partial charge in [-0.25, -0.2) is 4.79 Å². The third-order valence-electron chi connectivity index (χ3n) is 4.14. The molecule has 0 spiro atoms. The average molecular weight is 329 g/mol. The van der Waals surface area contributed by atoms with E-state index < -0.39 is 5.97 Å². The van der Waals surface area contributed by atoms with Crippen molar-refractivity contribution in [2.45, 2.75) is 51.7 Å². The predicted octanol–water partition coefficient (Wildman–Crippen LogP) is 3.89. The molecule has 0 aromatic carbocycles. The van der Waals surface area contributed by atoms with Crippen LogP contribution in [0, 0.1) is 0 Å². The molecule has 4 heteroatoms. The van der Waals surface area contributed by atoms with Crippen molar-refractivity contribution in [2.24, 2.45) is 0 Å². The quantitative estimate of drug-likeness (QED) is 0.663. The Labute approximate surface area is 144 Å². The van der Waals surface area contributed by atoms with Gasteiger partial charge in [-0.3, -0.25) is 0 Å². The number of rotatable bonds is 8. The molecule has 2 aliphatic rings. The van der Waals surface area contributed by atoms with Crippen LogP contribution < -0.4 is 5.32 Å². The molecule has 4 nitrogen and oxygen atoms in total. The van der Waals surface area contributed by atoms with Gasteiger partial charge in [-0.15, -0.1) is 0 Å². The molecule has 0 heterocycles. The van der Waals surface area contributed by atoms with Crippen LogP contribution >= 0.6 is 0 Å². The van der Waals surface area contributed by atoms with Crippen molar-refractivity contribution in [1.29, 1.82) is 0 Å². The molecule has 0 fully saturated rings. The summed E-state index contributed by atoms with van der Waals surface area (Å²) in [7, 11) is 0. The fraction of sp³-hybridized carbons (Fsp3) is 0.450. The van der Waals surface area contributed by atoms with Gasteiger partial charge in [-0.2, -0.15) is 0 Å². The smallest absolute Gasteiger partial charge is 0.335 e. The van der Waals surface area contributed by atoms with E-state index in [-0.39, 0.29) is 12.1 Å². The summed E-state index contributed by atoms with van der Waals surface area (Å²) in [6, 6.07) is -0.139. The first-order valence-corrected chi connectivity index (χ1v) is 8.68. The van der Waals surface area contributed by atoms with Crippen LogP contribution in [0.25, 0.3) is 0 Å². The van der Waals surface area contributed by atoms with Gasteiger partial charge in [0.2, 0.25) is 0 Å². The molecule has 0 radical (unpaired) electrons. The molecule has 2 unspecified atom stereocenters. The molecule has 0 aromatic heterocycles. The Morgan fingerprint density at radius 1 is 1.38 bits per heavy atom. The molecular weight excluding hydrogens is 302 g/mol. The lowest BCUT2D eigenvalue weighted by molar-refractivity contribution is -0.132. The first-order valence-electron chi connectivity index (χ1n) is 8.68. The minimum absolute atomic E-state index is 0.139. The maximum absolute atomic E-state index is 11.4. The molecule has 2 aliphatic carbocycles. The number of unbranched alkanes of at least 4 members (excludes halogenated alkanes) is 2. The molecule has 24 heavy (non-hydrogen) atoms. The summed E-state index contributed by atoms with van der Waals surface area (Å²) in [5, 5.41) is 12.8. The summed E-state index contributed by atoms with van der Waals surface area (Å²) in [5.41, 5.74) is 1.25. The molecule has 2 rings (SSSR count). The number of carboxylic acids is 1. The van der Waals surface area contributed by atoms with Crippen LogP contribution in [-0.4, -0.2) is 29.8 Å². The number of aliphatic carboxylic acids is 1. The van der Waals surface area contributed by atoms with Crippen LogP contribution in [0.2, 0.25) is 0 Å². The number of allylic oxidation sites excluding steroid dienone is 5. The Bertz CT molecular complexity index is 596. The van der Waals surface area contributed by atoms with Crippen molar-refractivity contribution in [1.82, 2.24) is 5.32 Å². The van der Waals surface area contributed by atoms with E-state index >= 15 is 0 Å². The molecule has 2 N–H and O–H groups in total. The van der Waals surface area contributed by atoms with E-state index in [2.05, 4.69) is 24.4 Å². The normalized spacial score (nSPS) is 23.2. The molecule has 130 valence electrons. The Kier molecular flexibility index (Phi) is 7.07. The fourth-order valence-corrected chi connectivity index (χ4v) is 2.83. The zero-order chi connectivity index (χ0) is 17.4. The van der Waals surface area contributed by atoms with E-state index in [1.54, 1.807) is 12.2 Å². The monoisotopic (exact) mass is 329 g/mol. The maximum atomic E-state index is 11.4. The second kappa shape index (κ2) is 9.28. The topological polar surface area (TPSA) is 58.6 Å². The highest BCUT2D eigenvalue weighted by Crippen LogP contribution is 2.24. The third-order valence-corrected chi connectivity index (χ3v) is 4.14. The number of carbonyl (C=O) groups is 1. The van der Waals surface area contributed by atoms with Crippen LogP contribution in [-0.2, 0) is 9.53 Å². The number of ether oxygens (including phenoxy) is 1. The molecule has 0 aromatic rings. The summed E-state index contributed by atoms with van der Waals surface area (Å²) in [6.07, 6.45) is 17.6. The molecule has 0 saturated carbocycles. The van der Waals surface area contributed by atoms with Gasteiger partial charge in [0.05, 0.1) is 11.6 Å². The zero-order valence-electron chi connectivity index (χ0n) is 14.5. The number of nitrogens with one attached hydrogen (secondary N) is 1. The van der Waals surface area contributed by atoms with E-state index in [1.807, 2.05) is 25.2 Å². The van der Waals surface area contributed by atoms with Crippen molar-refractivity contribution < 1.29 is 14.6 Å². The Morgan fingerprint density at radius 3 is 2.96 bits per heavy atom. The third kappa shape index (κ3) is 5.24. The summed E-state index contributed by atoms with van der Waals surface area (Å²) in [6.45, 7) is 4.95. The lowest BCUT2D eigenvalue weighted by Gasteiger charge is -2.31. The summed E-state index contributed by atoms with van der Waals surface area (Å²) >= 11 is 0. The number of carboxylic acid groups (broad SMARTS) is 1. The first-order chi connectivity index (χ1) is 11.6. The summed E-state index contributed by atoms with van der Waals surface area (Å²) in [5.74, 6) is -0.0984. The predicted molar refractivity (Wildman–Crippen MR) is 96.6 cm³/mol. The van der Waals surface area contributed by atoms with Crippen molar-refractivity contribution in [3.8, 4) is 0 Å². The SMILES string of the molecule is CCCCCNC1C=C(C(=O)O)C=C(C)C1OC1=CC=CCC=C1. The summed E-state index contributed by atoms with van der Waals surface area (Å²) < 4.78 is 6.18. The van der Waals surface area contributed by atoms with Gasteiger partial charge < -0.3 is 15.2 Å². The lowest BCUT2D eigenvalue weighted by atomic mass is 9.93. The van der Waals surface area contributed by atoms with Crippen LogP contribution in [0.4, 0.5) is 0 Å². The highest BCUT2D eigenvalue weighted by atomic mass is 16.5. The van der Waals surface area contributed by atoms with Crippen LogP contribution in [0.15, 0.2) is 59.4 Å². The van der Waals surface area contributed by atoms with E-state index in [0.29, 0.717) is 5.57 Å². The minimum Gasteiger partial charge on any atom is -0.484 e. The summed E-state index contributed by atoms with van der Waals surface area (Å²) in [4.78, 5) is 11.4. The van der Waals surface area contributed by atoms with E-state index in [9.17, 15) is 9.90 Å². The molecule has 0 aliphatic heterocycles. The Hall–Kier alpha value is -2.07. The van der Waals surface area contributed by atoms with E-state index in [0.717, 1.165) is 43.6 Å². The average Bonchev–Trinajstić information content (AvgIpc) is 2.82. The molecule has 0 bridgehead atoms. The van der Waals surface area contributed by atoms with Gasteiger partial charge in [0, 0.05) is 0 Å². The standard InChI is InChI=1S/C20H27NO3/c1-3-4-9-12-21-18-14-16(20(22)23)13-15(2)19(18)24-17-10-7-5-6-8-11-17/h5,7-8,10-11,13-14,18-19,21H,3-4,6,9,12H2,1-2H3,(H,22,23). The highest BCUT2D eigenvalue weighted by molar-refractivity contribution is 5.90. The van der Waals surface area contributed by atoms with Gasteiger partial charge in [-0.05, 0) is 56.2 Å². The molecule has 2 atom stereocenters. The zero-order valence-corrected chi connectivity index (χ0v) is 14.5. The second-order valence-corrected chi connectivity index (χ2v) is 6.18. The van der Waals surface area contributed by atoms with Gasteiger partial charge in [-0.1, -0.05) is 38.0 Å².